The summed E-state index contributed by atoms with van der Waals surface area (Å²) in [5.74, 6) is 0.937. The Labute approximate surface area is 170 Å². The third-order valence-electron chi connectivity index (χ3n) is 4.68. The number of nitrogens with two attached hydrogens (primary N) is 1. The second-order valence-electron chi connectivity index (χ2n) is 6.70. The van der Waals surface area contributed by atoms with E-state index in [1.54, 1.807) is 11.1 Å². The summed E-state index contributed by atoms with van der Waals surface area (Å²) in [5, 5.41) is 3.78. The van der Waals surface area contributed by atoms with E-state index in [0.717, 1.165) is 26.9 Å². The first-order valence-corrected chi connectivity index (χ1v) is 9.75. The zero-order valence-corrected chi connectivity index (χ0v) is 17.0. The number of fused-ring (bicyclic) bond motifs is 1. The number of urea groups is 1. The molecule has 1 aliphatic rings. The fourth-order valence-corrected chi connectivity index (χ4v) is 3.52. The zero-order valence-electron chi connectivity index (χ0n) is 15.4. The standard InChI is InChI=1S/C19H20BrN7O/c1-12-2-4-14(5-3-12)23-19(28)27-8-6-26(7-9-27)17-15-10-13(20)11-22-16(15)24-18(21)25-17/h2-5,10-11H,6-9H2,1H3,(H,23,28)(H2,21,22,24,25). The van der Waals surface area contributed by atoms with Gasteiger partial charge in [-0.05, 0) is 41.1 Å². The molecular weight excluding hydrogens is 422 g/mol. The number of halogens is 1. The molecule has 2 amide bonds. The monoisotopic (exact) mass is 441 g/mol. The van der Waals surface area contributed by atoms with Gasteiger partial charge in [0.2, 0.25) is 5.95 Å². The maximum atomic E-state index is 12.5. The lowest BCUT2D eigenvalue weighted by Gasteiger charge is -2.35. The van der Waals surface area contributed by atoms with Crippen LogP contribution in [-0.2, 0) is 0 Å². The van der Waals surface area contributed by atoms with Crippen LogP contribution >= 0.6 is 15.9 Å². The van der Waals surface area contributed by atoms with E-state index >= 15 is 0 Å². The Morgan fingerprint density at radius 3 is 2.57 bits per heavy atom. The number of hydrogen-bond donors (Lipinski definition) is 2. The van der Waals surface area contributed by atoms with Crippen LogP contribution in [0.5, 0.6) is 0 Å². The van der Waals surface area contributed by atoms with E-state index in [-0.39, 0.29) is 12.0 Å². The van der Waals surface area contributed by atoms with E-state index in [9.17, 15) is 4.79 Å². The van der Waals surface area contributed by atoms with Gasteiger partial charge in [-0.2, -0.15) is 9.97 Å². The highest BCUT2D eigenvalue weighted by atomic mass is 79.9. The lowest BCUT2D eigenvalue weighted by molar-refractivity contribution is 0.208. The SMILES string of the molecule is Cc1ccc(NC(=O)N2CCN(c3nc(N)nc4ncc(Br)cc34)CC2)cc1. The van der Waals surface area contributed by atoms with E-state index in [1.165, 1.54) is 0 Å². The molecule has 2 aromatic heterocycles. The number of hydrogen-bond acceptors (Lipinski definition) is 6. The van der Waals surface area contributed by atoms with Gasteiger partial charge in [0.05, 0.1) is 5.39 Å². The molecule has 0 radical (unpaired) electrons. The molecule has 8 nitrogen and oxygen atoms in total. The smallest absolute Gasteiger partial charge is 0.321 e. The van der Waals surface area contributed by atoms with Crippen molar-refractivity contribution in [3.63, 3.8) is 0 Å². The molecule has 1 fully saturated rings. The minimum absolute atomic E-state index is 0.0972. The van der Waals surface area contributed by atoms with E-state index in [4.69, 9.17) is 5.73 Å². The summed E-state index contributed by atoms with van der Waals surface area (Å²) in [6, 6.07) is 9.61. The van der Waals surface area contributed by atoms with Gasteiger partial charge < -0.3 is 20.9 Å². The van der Waals surface area contributed by atoms with Gasteiger partial charge in [-0.15, -0.1) is 0 Å². The summed E-state index contributed by atoms with van der Waals surface area (Å²) < 4.78 is 0.853. The number of amides is 2. The quantitative estimate of drug-likeness (QED) is 0.633. The number of anilines is 3. The minimum atomic E-state index is -0.0972. The fourth-order valence-electron chi connectivity index (χ4n) is 3.19. The van der Waals surface area contributed by atoms with Gasteiger partial charge in [-0.3, -0.25) is 0 Å². The van der Waals surface area contributed by atoms with Gasteiger partial charge in [0.15, 0.2) is 5.65 Å². The van der Waals surface area contributed by atoms with Crippen molar-refractivity contribution in [2.45, 2.75) is 6.92 Å². The van der Waals surface area contributed by atoms with Crippen LogP contribution < -0.4 is 16.0 Å². The Kier molecular flexibility index (Phi) is 4.99. The van der Waals surface area contributed by atoms with E-state index in [0.29, 0.717) is 31.8 Å². The maximum absolute atomic E-state index is 12.5. The van der Waals surface area contributed by atoms with Crippen LogP contribution in [0.15, 0.2) is 41.0 Å². The Hall–Kier alpha value is -2.94. The average Bonchev–Trinajstić information content (AvgIpc) is 2.69. The molecule has 28 heavy (non-hydrogen) atoms. The van der Waals surface area contributed by atoms with Gasteiger partial charge in [0, 0.05) is 42.5 Å². The van der Waals surface area contributed by atoms with Crippen LogP contribution in [0.2, 0.25) is 0 Å². The lowest BCUT2D eigenvalue weighted by atomic mass is 10.2. The van der Waals surface area contributed by atoms with Crippen molar-refractivity contribution in [1.82, 2.24) is 19.9 Å². The largest absolute Gasteiger partial charge is 0.368 e. The molecule has 0 aliphatic carbocycles. The summed E-state index contributed by atoms with van der Waals surface area (Å²) in [7, 11) is 0. The molecule has 0 unspecified atom stereocenters. The number of aryl methyl sites for hydroxylation is 1. The molecule has 4 rings (SSSR count). The molecule has 3 heterocycles. The third-order valence-corrected chi connectivity index (χ3v) is 5.12. The summed E-state index contributed by atoms with van der Waals surface area (Å²) >= 11 is 3.44. The Bertz CT molecular complexity index is 1020. The van der Waals surface area contributed by atoms with Gasteiger partial charge >= 0.3 is 6.03 Å². The highest BCUT2D eigenvalue weighted by molar-refractivity contribution is 9.10. The molecule has 0 saturated carbocycles. The van der Waals surface area contributed by atoms with Crippen LogP contribution in [-0.4, -0.2) is 52.1 Å². The van der Waals surface area contributed by atoms with E-state index in [2.05, 4.69) is 41.1 Å². The summed E-state index contributed by atoms with van der Waals surface area (Å²) in [6.45, 7) is 4.50. The van der Waals surface area contributed by atoms with Gasteiger partial charge in [-0.1, -0.05) is 17.7 Å². The lowest BCUT2D eigenvalue weighted by Crippen LogP contribution is -2.50. The number of nitrogens with one attached hydrogen (secondary N) is 1. The minimum Gasteiger partial charge on any atom is -0.368 e. The summed E-state index contributed by atoms with van der Waals surface area (Å²) in [4.78, 5) is 29.4. The topological polar surface area (TPSA) is 100 Å². The molecule has 3 N–H and O–H groups in total. The maximum Gasteiger partial charge on any atom is 0.321 e. The number of piperazine rings is 1. The van der Waals surface area contributed by atoms with Crippen molar-refractivity contribution < 1.29 is 4.79 Å². The third kappa shape index (κ3) is 3.84. The second-order valence-corrected chi connectivity index (χ2v) is 7.62. The molecule has 0 spiro atoms. The number of pyridine rings is 1. The fraction of sp³-hybridized carbons (Fsp3) is 0.263. The molecule has 0 atom stereocenters. The molecule has 3 aromatic rings. The van der Waals surface area contributed by atoms with Gasteiger partial charge in [-0.25, -0.2) is 9.78 Å². The Balaban J connectivity index is 1.47. The highest BCUT2D eigenvalue weighted by Gasteiger charge is 2.24. The van der Waals surface area contributed by atoms with Crippen molar-refractivity contribution in [1.29, 1.82) is 0 Å². The molecule has 9 heteroatoms. The first-order chi connectivity index (χ1) is 13.5. The normalized spacial score (nSPS) is 14.4. The number of rotatable bonds is 2. The van der Waals surface area contributed by atoms with Crippen LogP contribution in [0.4, 0.5) is 22.2 Å². The van der Waals surface area contributed by atoms with Crippen molar-refractivity contribution in [3.05, 3.63) is 46.6 Å². The predicted molar refractivity (Wildman–Crippen MR) is 113 cm³/mol. The molecule has 1 aromatic carbocycles. The van der Waals surface area contributed by atoms with Crippen LogP contribution in [0.25, 0.3) is 11.0 Å². The number of nitrogens with zero attached hydrogens (tertiary/aromatic N) is 5. The van der Waals surface area contributed by atoms with Crippen molar-refractivity contribution in [2.24, 2.45) is 0 Å². The molecule has 144 valence electrons. The molecular formula is C19H20BrN7O. The molecule has 1 aliphatic heterocycles. The van der Waals surface area contributed by atoms with E-state index < -0.39 is 0 Å². The first kappa shape index (κ1) is 18.4. The Morgan fingerprint density at radius 2 is 1.86 bits per heavy atom. The Morgan fingerprint density at radius 1 is 1.14 bits per heavy atom. The molecule has 1 saturated heterocycles. The zero-order chi connectivity index (χ0) is 19.7. The molecule has 0 bridgehead atoms. The first-order valence-electron chi connectivity index (χ1n) is 8.96. The van der Waals surface area contributed by atoms with Crippen LogP contribution in [0.1, 0.15) is 5.56 Å². The summed E-state index contributed by atoms with van der Waals surface area (Å²) in [5.41, 5.74) is 8.38. The van der Waals surface area contributed by atoms with E-state index in [1.807, 2.05) is 37.3 Å². The van der Waals surface area contributed by atoms with Gasteiger partial charge in [0.25, 0.3) is 0 Å². The number of carbonyl (C=O) groups excluding carboxylic acids is 1. The summed E-state index contributed by atoms with van der Waals surface area (Å²) in [6.07, 6.45) is 1.69. The van der Waals surface area contributed by atoms with Crippen LogP contribution in [0, 0.1) is 6.92 Å². The average molecular weight is 442 g/mol. The second kappa shape index (κ2) is 7.59. The van der Waals surface area contributed by atoms with Gasteiger partial charge in [0.1, 0.15) is 5.82 Å². The number of carbonyl (C=O) groups is 1. The number of nitrogen functional groups attached to an aromatic ring is 1. The highest BCUT2D eigenvalue weighted by Crippen LogP contribution is 2.27. The number of aromatic nitrogens is 3. The van der Waals surface area contributed by atoms with Crippen molar-refractivity contribution in [3.8, 4) is 0 Å². The number of benzene rings is 1. The van der Waals surface area contributed by atoms with Crippen molar-refractivity contribution in [2.75, 3.05) is 42.1 Å². The predicted octanol–water partition coefficient (Wildman–Crippen LogP) is 3.03. The van der Waals surface area contributed by atoms with Crippen LogP contribution in [0.3, 0.4) is 0 Å². The van der Waals surface area contributed by atoms with Crippen molar-refractivity contribution >= 4 is 50.4 Å².